The van der Waals surface area contributed by atoms with Crippen molar-refractivity contribution < 1.29 is 0 Å². The molecule has 3 atom stereocenters. The first-order valence-corrected chi connectivity index (χ1v) is 6.09. The minimum atomic E-state index is 0.606. The Morgan fingerprint density at radius 3 is 2.67 bits per heavy atom. The van der Waals surface area contributed by atoms with Crippen molar-refractivity contribution in [2.24, 2.45) is 5.92 Å². The van der Waals surface area contributed by atoms with Gasteiger partial charge in [0.25, 0.3) is 0 Å². The van der Waals surface area contributed by atoms with Gasteiger partial charge in [-0.25, -0.2) is 0 Å². The van der Waals surface area contributed by atoms with Crippen molar-refractivity contribution >= 4 is 0 Å². The molecule has 0 saturated heterocycles. The Kier molecular flexibility index (Phi) is 3.42. The van der Waals surface area contributed by atoms with Crippen molar-refractivity contribution in [2.45, 2.75) is 45.2 Å². The van der Waals surface area contributed by atoms with E-state index in [1.165, 1.54) is 18.4 Å². The minimum Gasteiger partial charge on any atom is -0.311 e. The minimum absolute atomic E-state index is 0.606. The van der Waals surface area contributed by atoms with Crippen LogP contribution in [0.1, 0.15) is 32.3 Å². The third kappa shape index (κ3) is 3.07. The molecule has 3 unspecified atom stereocenters. The molecule has 1 aliphatic rings. The molecule has 2 rings (SSSR count). The van der Waals surface area contributed by atoms with Gasteiger partial charge >= 0.3 is 0 Å². The zero-order valence-electron chi connectivity index (χ0n) is 9.74. The van der Waals surface area contributed by atoms with E-state index in [4.69, 9.17) is 0 Å². The maximum atomic E-state index is 3.70. The summed E-state index contributed by atoms with van der Waals surface area (Å²) in [5.74, 6) is 0.947. The second-order valence-corrected chi connectivity index (χ2v) is 4.77. The topological polar surface area (TPSA) is 12.0 Å². The van der Waals surface area contributed by atoms with Crippen LogP contribution in [-0.2, 0) is 6.42 Å². The highest BCUT2D eigenvalue weighted by molar-refractivity contribution is 5.15. The molecule has 0 spiro atoms. The third-order valence-electron chi connectivity index (χ3n) is 3.33. The number of hydrogen-bond acceptors (Lipinski definition) is 1. The van der Waals surface area contributed by atoms with Gasteiger partial charge in [0.1, 0.15) is 0 Å². The Bertz CT molecular complexity index is 293. The van der Waals surface area contributed by atoms with E-state index in [-0.39, 0.29) is 0 Å². The predicted molar refractivity (Wildman–Crippen MR) is 64.9 cm³/mol. The zero-order chi connectivity index (χ0) is 10.7. The summed E-state index contributed by atoms with van der Waals surface area (Å²) in [4.78, 5) is 0. The molecule has 1 heteroatoms. The number of rotatable bonds is 5. The van der Waals surface area contributed by atoms with E-state index in [1.807, 2.05) is 0 Å². The van der Waals surface area contributed by atoms with Crippen LogP contribution in [0.2, 0.25) is 0 Å². The van der Waals surface area contributed by atoms with E-state index < -0.39 is 0 Å². The summed E-state index contributed by atoms with van der Waals surface area (Å²) in [5, 5.41) is 3.70. The van der Waals surface area contributed by atoms with Gasteiger partial charge in [-0.15, -0.1) is 0 Å². The second-order valence-electron chi connectivity index (χ2n) is 4.77. The molecule has 1 N–H and O–H groups in total. The van der Waals surface area contributed by atoms with Crippen LogP contribution in [-0.4, -0.2) is 12.1 Å². The fraction of sp³-hybridized carbons (Fsp3) is 0.571. The number of hydrogen-bond donors (Lipinski definition) is 1. The summed E-state index contributed by atoms with van der Waals surface area (Å²) in [6, 6.07) is 12.1. The average Bonchev–Trinajstić information content (AvgIpc) is 2.97. The third-order valence-corrected chi connectivity index (χ3v) is 3.33. The lowest BCUT2D eigenvalue weighted by atomic mass is 10.1. The van der Waals surface area contributed by atoms with Gasteiger partial charge in [0.15, 0.2) is 0 Å². The molecular formula is C14H21N. The molecule has 0 aromatic heterocycles. The molecule has 0 radical (unpaired) electrons. The van der Waals surface area contributed by atoms with E-state index in [1.54, 1.807) is 0 Å². The summed E-state index contributed by atoms with van der Waals surface area (Å²) in [5.41, 5.74) is 1.44. The highest BCUT2D eigenvalue weighted by Crippen LogP contribution is 2.33. The molecule has 1 aliphatic carbocycles. The Morgan fingerprint density at radius 2 is 2.07 bits per heavy atom. The zero-order valence-corrected chi connectivity index (χ0v) is 9.74. The van der Waals surface area contributed by atoms with Crippen molar-refractivity contribution in [1.82, 2.24) is 5.32 Å². The summed E-state index contributed by atoms with van der Waals surface area (Å²) in [7, 11) is 0. The van der Waals surface area contributed by atoms with Gasteiger partial charge in [-0.3, -0.25) is 0 Å². The van der Waals surface area contributed by atoms with Crippen LogP contribution in [0.3, 0.4) is 0 Å². The Balaban J connectivity index is 1.76. The molecule has 1 aromatic rings. The molecule has 1 saturated carbocycles. The Labute approximate surface area is 92.9 Å². The molecule has 1 fully saturated rings. The maximum Gasteiger partial charge on any atom is 0.0102 e. The van der Waals surface area contributed by atoms with Crippen molar-refractivity contribution in [1.29, 1.82) is 0 Å². The number of nitrogens with one attached hydrogen (secondary N) is 1. The summed E-state index contributed by atoms with van der Waals surface area (Å²) < 4.78 is 0. The van der Waals surface area contributed by atoms with Crippen LogP contribution in [0.5, 0.6) is 0 Å². The molecule has 0 bridgehead atoms. The van der Waals surface area contributed by atoms with Crippen molar-refractivity contribution in [2.75, 3.05) is 0 Å². The van der Waals surface area contributed by atoms with Gasteiger partial charge < -0.3 is 5.32 Å². The van der Waals surface area contributed by atoms with Gasteiger partial charge in [0.2, 0.25) is 0 Å². The quantitative estimate of drug-likeness (QED) is 0.775. The molecule has 0 heterocycles. The molecule has 0 amide bonds. The molecule has 1 aromatic carbocycles. The number of benzene rings is 1. The normalized spacial score (nSPS) is 26.3. The van der Waals surface area contributed by atoms with Crippen molar-refractivity contribution in [3.8, 4) is 0 Å². The lowest BCUT2D eigenvalue weighted by Crippen LogP contribution is -2.31. The molecular weight excluding hydrogens is 182 g/mol. The summed E-state index contributed by atoms with van der Waals surface area (Å²) in [6.45, 7) is 4.58. The van der Waals surface area contributed by atoms with Gasteiger partial charge in [0, 0.05) is 12.1 Å². The van der Waals surface area contributed by atoms with Crippen LogP contribution in [0.4, 0.5) is 0 Å². The van der Waals surface area contributed by atoms with Gasteiger partial charge in [-0.2, -0.15) is 0 Å². The van der Waals surface area contributed by atoms with E-state index in [0.29, 0.717) is 6.04 Å². The first-order chi connectivity index (χ1) is 7.29. The first kappa shape index (κ1) is 10.7. The van der Waals surface area contributed by atoms with Crippen molar-refractivity contribution in [3.05, 3.63) is 35.9 Å². The van der Waals surface area contributed by atoms with Gasteiger partial charge in [0.05, 0.1) is 0 Å². The van der Waals surface area contributed by atoms with Crippen LogP contribution in [0, 0.1) is 5.92 Å². The molecule has 0 aliphatic heterocycles. The second kappa shape index (κ2) is 4.80. The Hall–Kier alpha value is -0.820. The van der Waals surface area contributed by atoms with Crippen LogP contribution in [0.15, 0.2) is 30.3 Å². The van der Waals surface area contributed by atoms with Crippen LogP contribution < -0.4 is 5.32 Å². The lowest BCUT2D eigenvalue weighted by Gasteiger charge is -2.13. The SMILES string of the molecule is CCC1CC1NC(C)Cc1ccccc1. The van der Waals surface area contributed by atoms with E-state index in [9.17, 15) is 0 Å². The van der Waals surface area contributed by atoms with E-state index in [2.05, 4.69) is 49.5 Å². The monoisotopic (exact) mass is 203 g/mol. The average molecular weight is 203 g/mol. The van der Waals surface area contributed by atoms with Crippen LogP contribution in [0.25, 0.3) is 0 Å². The predicted octanol–water partition coefficient (Wildman–Crippen LogP) is 3.01. The largest absolute Gasteiger partial charge is 0.311 e. The fourth-order valence-corrected chi connectivity index (χ4v) is 2.29. The highest BCUT2D eigenvalue weighted by atomic mass is 15.0. The van der Waals surface area contributed by atoms with Crippen molar-refractivity contribution in [3.63, 3.8) is 0 Å². The first-order valence-electron chi connectivity index (χ1n) is 6.09. The summed E-state index contributed by atoms with van der Waals surface area (Å²) >= 11 is 0. The molecule has 82 valence electrons. The highest BCUT2D eigenvalue weighted by Gasteiger charge is 2.35. The van der Waals surface area contributed by atoms with E-state index in [0.717, 1.165) is 18.4 Å². The molecule has 15 heavy (non-hydrogen) atoms. The standard InChI is InChI=1S/C14H21N/c1-3-13-10-14(13)15-11(2)9-12-7-5-4-6-8-12/h4-8,11,13-15H,3,9-10H2,1-2H3. The van der Waals surface area contributed by atoms with Gasteiger partial charge in [-0.05, 0) is 31.2 Å². The van der Waals surface area contributed by atoms with Gasteiger partial charge in [-0.1, -0.05) is 43.7 Å². The molecule has 1 nitrogen and oxygen atoms in total. The fourth-order valence-electron chi connectivity index (χ4n) is 2.29. The van der Waals surface area contributed by atoms with E-state index >= 15 is 0 Å². The lowest BCUT2D eigenvalue weighted by molar-refractivity contribution is 0.517. The van der Waals surface area contributed by atoms with Crippen LogP contribution >= 0.6 is 0 Å². The summed E-state index contributed by atoms with van der Waals surface area (Å²) in [6.07, 6.45) is 3.86. The smallest absolute Gasteiger partial charge is 0.0102 e. The Morgan fingerprint density at radius 1 is 1.33 bits per heavy atom. The maximum absolute atomic E-state index is 3.70.